The van der Waals surface area contributed by atoms with Gasteiger partial charge in [0, 0.05) is 24.1 Å². The Balaban J connectivity index is 2.44. The highest BCUT2D eigenvalue weighted by Crippen LogP contribution is 2.29. The molecule has 2 aromatic rings. The first-order chi connectivity index (χ1) is 8.09. The van der Waals surface area contributed by atoms with Crippen molar-refractivity contribution in [3.63, 3.8) is 0 Å². The van der Waals surface area contributed by atoms with E-state index in [1.165, 1.54) is 16.8 Å². The highest BCUT2D eigenvalue weighted by molar-refractivity contribution is 5.69. The van der Waals surface area contributed by atoms with Gasteiger partial charge in [-0.3, -0.25) is 0 Å². The average Bonchev–Trinajstić information content (AvgIpc) is 2.32. The molecule has 0 aromatic heterocycles. The topological polar surface area (TPSA) is 29.3 Å². The van der Waals surface area contributed by atoms with Crippen molar-refractivity contribution in [2.24, 2.45) is 0 Å². The molecule has 0 spiro atoms. The Bertz CT molecular complexity index is 532. The first kappa shape index (κ1) is 11.5. The van der Waals surface area contributed by atoms with Crippen LogP contribution in [-0.4, -0.2) is 7.05 Å². The van der Waals surface area contributed by atoms with Crippen LogP contribution in [0.25, 0.3) is 0 Å². The molecule has 17 heavy (non-hydrogen) atoms. The van der Waals surface area contributed by atoms with Crippen LogP contribution in [0.5, 0.6) is 0 Å². The van der Waals surface area contributed by atoms with Gasteiger partial charge in [0.15, 0.2) is 0 Å². The zero-order valence-electron chi connectivity index (χ0n) is 10.6. The summed E-state index contributed by atoms with van der Waals surface area (Å²) in [7, 11) is 2.07. The maximum absolute atomic E-state index is 5.82. The molecule has 0 saturated carbocycles. The summed E-state index contributed by atoms with van der Waals surface area (Å²) in [6.45, 7) is 4.28. The number of nitrogens with two attached hydrogens (primary N) is 1. The van der Waals surface area contributed by atoms with E-state index < -0.39 is 0 Å². The predicted octanol–water partition coefficient (Wildman–Crippen LogP) is 3.65. The van der Waals surface area contributed by atoms with Crippen LogP contribution >= 0.6 is 0 Å². The molecule has 0 aliphatic heterocycles. The molecule has 0 atom stereocenters. The van der Waals surface area contributed by atoms with Gasteiger partial charge in [-0.25, -0.2) is 0 Å². The zero-order valence-corrected chi connectivity index (χ0v) is 10.6. The third-order valence-electron chi connectivity index (χ3n) is 3.19. The van der Waals surface area contributed by atoms with Gasteiger partial charge in [-0.1, -0.05) is 18.2 Å². The van der Waals surface area contributed by atoms with E-state index in [0.29, 0.717) is 0 Å². The Morgan fingerprint density at radius 1 is 1.00 bits per heavy atom. The average molecular weight is 226 g/mol. The number of rotatable bonds is 2. The second-order valence-electron chi connectivity index (χ2n) is 4.37. The van der Waals surface area contributed by atoms with Crippen LogP contribution in [0.15, 0.2) is 42.5 Å². The van der Waals surface area contributed by atoms with Gasteiger partial charge in [-0.2, -0.15) is 0 Å². The van der Waals surface area contributed by atoms with Crippen LogP contribution < -0.4 is 10.6 Å². The van der Waals surface area contributed by atoms with Gasteiger partial charge in [-0.15, -0.1) is 0 Å². The maximum Gasteiger partial charge on any atom is 0.0440 e. The van der Waals surface area contributed by atoms with Crippen molar-refractivity contribution >= 4 is 17.1 Å². The summed E-state index contributed by atoms with van der Waals surface area (Å²) < 4.78 is 0. The summed E-state index contributed by atoms with van der Waals surface area (Å²) in [5.41, 5.74) is 11.5. The Morgan fingerprint density at radius 3 is 2.41 bits per heavy atom. The standard InChI is InChI=1S/C15H18N2/c1-11-6-4-9-15(12(11)2)17(3)14-8-5-7-13(16)10-14/h4-10H,16H2,1-3H3. The van der Waals surface area contributed by atoms with Gasteiger partial charge in [-0.05, 0) is 49.2 Å². The molecule has 0 aliphatic carbocycles. The Labute approximate surface area is 103 Å². The molecule has 0 fully saturated rings. The quantitative estimate of drug-likeness (QED) is 0.792. The summed E-state index contributed by atoms with van der Waals surface area (Å²) in [6, 6.07) is 14.3. The second kappa shape index (κ2) is 4.50. The molecule has 2 heteroatoms. The Kier molecular flexibility index (Phi) is 3.05. The number of aryl methyl sites for hydroxylation is 1. The van der Waals surface area contributed by atoms with E-state index >= 15 is 0 Å². The number of benzene rings is 2. The highest BCUT2D eigenvalue weighted by atomic mass is 15.1. The minimum Gasteiger partial charge on any atom is -0.399 e. The molecule has 0 radical (unpaired) electrons. The number of nitrogens with zero attached hydrogens (tertiary/aromatic N) is 1. The first-order valence-electron chi connectivity index (χ1n) is 5.75. The molecule has 2 rings (SSSR count). The third-order valence-corrected chi connectivity index (χ3v) is 3.19. The van der Waals surface area contributed by atoms with Crippen LogP contribution in [0.2, 0.25) is 0 Å². The fourth-order valence-corrected chi connectivity index (χ4v) is 1.97. The van der Waals surface area contributed by atoms with Gasteiger partial charge in [0.25, 0.3) is 0 Å². The summed E-state index contributed by atoms with van der Waals surface area (Å²) >= 11 is 0. The van der Waals surface area contributed by atoms with Gasteiger partial charge in [0.1, 0.15) is 0 Å². The summed E-state index contributed by atoms with van der Waals surface area (Å²) in [4.78, 5) is 2.17. The molecular formula is C15H18N2. The van der Waals surface area contributed by atoms with Crippen molar-refractivity contribution in [3.8, 4) is 0 Å². The molecule has 0 saturated heterocycles. The van der Waals surface area contributed by atoms with E-state index in [9.17, 15) is 0 Å². The van der Waals surface area contributed by atoms with Crippen molar-refractivity contribution in [2.45, 2.75) is 13.8 Å². The lowest BCUT2D eigenvalue weighted by molar-refractivity contribution is 1.17. The third kappa shape index (κ3) is 2.26. The lowest BCUT2D eigenvalue weighted by Crippen LogP contribution is -2.11. The van der Waals surface area contributed by atoms with E-state index in [2.05, 4.69) is 50.1 Å². The van der Waals surface area contributed by atoms with Gasteiger partial charge < -0.3 is 10.6 Å². The summed E-state index contributed by atoms with van der Waals surface area (Å²) in [6.07, 6.45) is 0. The van der Waals surface area contributed by atoms with Crippen molar-refractivity contribution < 1.29 is 0 Å². The molecule has 0 aliphatic rings. The van der Waals surface area contributed by atoms with Crippen LogP contribution in [0.3, 0.4) is 0 Å². The zero-order chi connectivity index (χ0) is 12.4. The van der Waals surface area contributed by atoms with E-state index in [1.54, 1.807) is 0 Å². The summed E-state index contributed by atoms with van der Waals surface area (Å²) in [5, 5.41) is 0. The smallest absolute Gasteiger partial charge is 0.0440 e. The van der Waals surface area contributed by atoms with Gasteiger partial charge >= 0.3 is 0 Å². The molecule has 2 aromatic carbocycles. The lowest BCUT2D eigenvalue weighted by Gasteiger charge is -2.22. The van der Waals surface area contributed by atoms with E-state index in [4.69, 9.17) is 5.73 Å². The SMILES string of the molecule is Cc1cccc(N(C)c2cccc(N)c2)c1C. The molecule has 0 heterocycles. The highest BCUT2D eigenvalue weighted by Gasteiger charge is 2.07. The van der Waals surface area contributed by atoms with Crippen molar-refractivity contribution in [3.05, 3.63) is 53.6 Å². The van der Waals surface area contributed by atoms with E-state index in [0.717, 1.165) is 11.4 Å². The van der Waals surface area contributed by atoms with Crippen LogP contribution in [0.1, 0.15) is 11.1 Å². The van der Waals surface area contributed by atoms with Crippen LogP contribution in [-0.2, 0) is 0 Å². The minimum atomic E-state index is 0.791. The monoisotopic (exact) mass is 226 g/mol. The van der Waals surface area contributed by atoms with E-state index in [-0.39, 0.29) is 0 Å². The number of hydrogen-bond acceptors (Lipinski definition) is 2. The van der Waals surface area contributed by atoms with Crippen molar-refractivity contribution in [1.82, 2.24) is 0 Å². The minimum absolute atomic E-state index is 0.791. The first-order valence-corrected chi connectivity index (χ1v) is 5.75. The van der Waals surface area contributed by atoms with Gasteiger partial charge in [0.2, 0.25) is 0 Å². The molecule has 88 valence electrons. The maximum atomic E-state index is 5.82. The van der Waals surface area contributed by atoms with Crippen LogP contribution in [0, 0.1) is 13.8 Å². The fourth-order valence-electron chi connectivity index (χ4n) is 1.97. The Morgan fingerprint density at radius 2 is 1.71 bits per heavy atom. The molecule has 0 unspecified atom stereocenters. The fraction of sp³-hybridized carbons (Fsp3) is 0.200. The number of hydrogen-bond donors (Lipinski definition) is 1. The van der Waals surface area contributed by atoms with Gasteiger partial charge in [0.05, 0.1) is 0 Å². The number of nitrogen functional groups attached to an aromatic ring is 1. The normalized spacial score (nSPS) is 10.3. The second-order valence-corrected chi connectivity index (χ2v) is 4.37. The molecule has 0 bridgehead atoms. The van der Waals surface area contributed by atoms with Crippen molar-refractivity contribution in [1.29, 1.82) is 0 Å². The molecular weight excluding hydrogens is 208 g/mol. The predicted molar refractivity (Wildman–Crippen MR) is 74.8 cm³/mol. The molecule has 0 amide bonds. The number of anilines is 3. The summed E-state index contributed by atoms with van der Waals surface area (Å²) in [5.74, 6) is 0. The molecule has 2 N–H and O–H groups in total. The lowest BCUT2D eigenvalue weighted by atomic mass is 10.1. The largest absolute Gasteiger partial charge is 0.399 e. The molecule has 2 nitrogen and oxygen atoms in total. The van der Waals surface area contributed by atoms with E-state index in [1.807, 2.05) is 18.2 Å². The van der Waals surface area contributed by atoms with Crippen LogP contribution in [0.4, 0.5) is 17.1 Å². The Hall–Kier alpha value is -1.96. The van der Waals surface area contributed by atoms with Crippen molar-refractivity contribution in [2.75, 3.05) is 17.7 Å².